The number of primary amides is 1. The zero-order valence-corrected chi connectivity index (χ0v) is 10.5. The number of nitrogens with two attached hydrogens (primary N) is 1. The Kier molecular flexibility index (Phi) is 3.58. The van der Waals surface area contributed by atoms with Gasteiger partial charge in [0.1, 0.15) is 0 Å². The largest absolute Gasteiger partial charge is 0.370 e. The highest BCUT2D eigenvalue weighted by Crippen LogP contribution is 2.26. The van der Waals surface area contributed by atoms with E-state index in [1.807, 2.05) is 6.07 Å². The van der Waals surface area contributed by atoms with Gasteiger partial charge < -0.3 is 11.1 Å². The second-order valence-electron chi connectivity index (χ2n) is 3.99. The number of fused-ring (bicyclic) bond motifs is 1. The highest BCUT2D eigenvalue weighted by molar-refractivity contribution is 7.22. The second kappa shape index (κ2) is 5.14. The summed E-state index contributed by atoms with van der Waals surface area (Å²) in [6.45, 7) is 2.79. The van der Waals surface area contributed by atoms with E-state index < -0.39 is 0 Å². The number of hydrogen-bond donors (Lipinski definition) is 2. The Morgan fingerprint density at radius 2 is 2.35 bits per heavy atom. The van der Waals surface area contributed by atoms with Crippen molar-refractivity contribution in [2.24, 2.45) is 5.73 Å². The maximum atomic E-state index is 10.6. The number of rotatable bonds is 5. The Bertz CT molecular complexity index is 536. The average Bonchev–Trinajstić information content (AvgIpc) is 2.66. The molecule has 1 aromatic carbocycles. The number of aryl methyl sites for hydroxylation is 1. The molecular weight excluding hydrogens is 234 g/mol. The standard InChI is InChI=1S/C12H15N3OS/c1-8-4-5-9-10(7-8)17-12(15-9)14-6-2-3-11(13)16/h4-5,7H,2-3,6H2,1H3,(H2,13,16)(H,14,15). The van der Waals surface area contributed by atoms with E-state index in [0.29, 0.717) is 6.42 Å². The molecule has 5 heteroatoms. The molecule has 0 aliphatic heterocycles. The highest BCUT2D eigenvalue weighted by atomic mass is 32.1. The summed E-state index contributed by atoms with van der Waals surface area (Å²) in [5.41, 5.74) is 7.32. The van der Waals surface area contributed by atoms with Gasteiger partial charge in [-0.25, -0.2) is 4.98 Å². The van der Waals surface area contributed by atoms with Crippen LogP contribution >= 0.6 is 11.3 Å². The number of aromatic nitrogens is 1. The van der Waals surface area contributed by atoms with Crippen molar-refractivity contribution < 1.29 is 4.79 Å². The maximum Gasteiger partial charge on any atom is 0.217 e. The van der Waals surface area contributed by atoms with E-state index in [4.69, 9.17) is 5.73 Å². The van der Waals surface area contributed by atoms with Crippen LogP contribution < -0.4 is 11.1 Å². The molecule has 0 saturated carbocycles. The fourth-order valence-corrected chi connectivity index (χ4v) is 2.55. The Hall–Kier alpha value is -1.62. The summed E-state index contributed by atoms with van der Waals surface area (Å²) >= 11 is 1.63. The van der Waals surface area contributed by atoms with Crippen LogP contribution in [0.3, 0.4) is 0 Å². The van der Waals surface area contributed by atoms with E-state index in [1.165, 1.54) is 10.3 Å². The number of carbonyl (C=O) groups is 1. The molecule has 0 spiro atoms. The lowest BCUT2D eigenvalue weighted by Crippen LogP contribution is -2.12. The lowest BCUT2D eigenvalue weighted by molar-refractivity contribution is -0.118. The molecule has 2 rings (SSSR count). The van der Waals surface area contributed by atoms with Crippen LogP contribution in [0.15, 0.2) is 18.2 Å². The van der Waals surface area contributed by atoms with Gasteiger partial charge in [0.15, 0.2) is 5.13 Å². The van der Waals surface area contributed by atoms with Gasteiger partial charge in [0, 0.05) is 13.0 Å². The van der Waals surface area contributed by atoms with Gasteiger partial charge in [0.05, 0.1) is 10.2 Å². The minimum absolute atomic E-state index is 0.258. The lowest BCUT2D eigenvalue weighted by Gasteiger charge is -1.99. The van der Waals surface area contributed by atoms with Gasteiger partial charge in [0.2, 0.25) is 5.91 Å². The predicted molar refractivity (Wildman–Crippen MR) is 71.3 cm³/mol. The topological polar surface area (TPSA) is 68.0 Å². The molecular formula is C12H15N3OS. The Morgan fingerprint density at radius 1 is 1.53 bits per heavy atom. The van der Waals surface area contributed by atoms with E-state index >= 15 is 0 Å². The van der Waals surface area contributed by atoms with Crippen LogP contribution in [0.2, 0.25) is 0 Å². The third-order valence-corrected chi connectivity index (χ3v) is 3.40. The summed E-state index contributed by atoms with van der Waals surface area (Å²) in [6.07, 6.45) is 1.15. The monoisotopic (exact) mass is 249 g/mol. The van der Waals surface area contributed by atoms with E-state index in [-0.39, 0.29) is 5.91 Å². The zero-order chi connectivity index (χ0) is 12.3. The number of thiazole rings is 1. The SMILES string of the molecule is Cc1ccc2nc(NCCCC(N)=O)sc2c1. The van der Waals surface area contributed by atoms with Crippen LogP contribution in [0.25, 0.3) is 10.2 Å². The molecule has 1 amide bonds. The van der Waals surface area contributed by atoms with Gasteiger partial charge in [-0.2, -0.15) is 0 Å². The van der Waals surface area contributed by atoms with Crippen molar-refractivity contribution in [3.63, 3.8) is 0 Å². The summed E-state index contributed by atoms with van der Waals surface area (Å²) < 4.78 is 1.18. The first-order valence-electron chi connectivity index (χ1n) is 5.54. The van der Waals surface area contributed by atoms with Crippen molar-refractivity contribution in [2.45, 2.75) is 19.8 Å². The number of nitrogens with one attached hydrogen (secondary N) is 1. The molecule has 0 aliphatic carbocycles. The summed E-state index contributed by atoms with van der Waals surface area (Å²) in [4.78, 5) is 15.0. The number of amides is 1. The molecule has 0 saturated heterocycles. The van der Waals surface area contributed by atoms with Crippen LogP contribution in [0.1, 0.15) is 18.4 Å². The van der Waals surface area contributed by atoms with E-state index in [0.717, 1.165) is 23.6 Å². The van der Waals surface area contributed by atoms with Gasteiger partial charge in [0.25, 0.3) is 0 Å². The van der Waals surface area contributed by atoms with Crippen LogP contribution in [0.5, 0.6) is 0 Å². The van der Waals surface area contributed by atoms with Crippen LogP contribution in [0.4, 0.5) is 5.13 Å². The second-order valence-corrected chi connectivity index (χ2v) is 5.02. The van der Waals surface area contributed by atoms with Gasteiger partial charge in [-0.15, -0.1) is 0 Å². The molecule has 0 aliphatic rings. The van der Waals surface area contributed by atoms with Crippen molar-refractivity contribution in [1.82, 2.24) is 4.98 Å². The summed E-state index contributed by atoms with van der Waals surface area (Å²) in [5, 5.41) is 4.11. The first-order chi connectivity index (χ1) is 8.15. The fourth-order valence-electron chi connectivity index (χ4n) is 1.57. The van der Waals surface area contributed by atoms with Crippen molar-refractivity contribution in [3.05, 3.63) is 23.8 Å². The average molecular weight is 249 g/mol. The fraction of sp³-hybridized carbons (Fsp3) is 0.333. The Labute approximate surface area is 104 Å². The van der Waals surface area contributed by atoms with Crippen LogP contribution in [-0.4, -0.2) is 17.4 Å². The van der Waals surface area contributed by atoms with Crippen molar-refractivity contribution in [2.75, 3.05) is 11.9 Å². The number of carbonyl (C=O) groups excluding carboxylic acids is 1. The van der Waals surface area contributed by atoms with Gasteiger partial charge in [-0.3, -0.25) is 4.79 Å². The zero-order valence-electron chi connectivity index (χ0n) is 9.69. The summed E-state index contributed by atoms with van der Waals surface area (Å²) in [5.74, 6) is -0.258. The minimum atomic E-state index is -0.258. The van der Waals surface area contributed by atoms with E-state index in [1.54, 1.807) is 11.3 Å². The lowest BCUT2D eigenvalue weighted by atomic mass is 10.2. The highest BCUT2D eigenvalue weighted by Gasteiger charge is 2.03. The smallest absolute Gasteiger partial charge is 0.217 e. The molecule has 90 valence electrons. The molecule has 0 bridgehead atoms. The van der Waals surface area contributed by atoms with Crippen molar-refractivity contribution in [1.29, 1.82) is 0 Å². The van der Waals surface area contributed by atoms with Crippen molar-refractivity contribution >= 4 is 32.6 Å². The molecule has 0 atom stereocenters. The number of anilines is 1. The molecule has 2 aromatic rings. The molecule has 1 aromatic heterocycles. The summed E-state index contributed by atoms with van der Waals surface area (Å²) in [6, 6.07) is 6.20. The molecule has 1 heterocycles. The molecule has 17 heavy (non-hydrogen) atoms. The van der Waals surface area contributed by atoms with E-state index in [9.17, 15) is 4.79 Å². The number of nitrogens with zero attached hydrogens (tertiary/aromatic N) is 1. The quantitative estimate of drug-likeness (QED) is 0.799. The minimum Gasteiger partial charge on any atom is -0.370 e. The number of hydrogen-bond acceptors (Lipinski definition) is 4. The van der Waals surface area contributed by atoms with Crippen molar-refractivity contribution in [3.8, 4) is 0 Å². The van der Waals surface area contributed by atoms with Gasteiger partial charge in [-0.1, -0.05) is 17.4 Å². The predicted octanol–water partition coefficient (Wildman–Crippen LogP) is 2.28. The third kappa shape index (κ3) is 3.17. The molecule has 0 unspecified atom stereocenters. The Balaban J connectivity index is 1.97. The molecule has 0 radical (unpaired) electrons. The van der Waals surface area contributed by atoms with Gasteiger partial charge >= 0.3 is 0 Å². The number of benzene rings is 1. The first kappa shape index (κ1) is 11.9. The summed E-state index contributed by atoms with van der Waals surface area (Å²) in [7, 11) is 0. The maximum absolute atomic E-state index is 10.6. The van der Waals surface area contributed by atoms with Crippen LogP contribution in [0, 0.1) is 6.92 Å². The van der Waals surface area contributed by atoms with Crippen LogP contribution in [-0.2, 0) is 4.79 Å². The van der Waals surface area contributed by atoms with Gasteiger partial charge in [-0.05, 0) is 31.0 Å². The van der Waals surface area contributed by atoms with E-state index in [2.05, 4.69) is 29.4 Å². The molecule has 0 fully saturated rings. The first-order valence-corrected chi connectivity index (χ1v) is 6.36. The Morgan fingerprint density at radius 3 is 3.12 bits per heavy atom. The normalized spacial score (nSPS) is 10.6. The third-order valence-electron chi connectivity index (χ3n) is 2.42. The molecule has 3 N–H and O–H groups in total. The molecule has 4 nitrogen and oxygen atoms in total.